The van der Waals surface area contributed by atoms with E-state index in [1.54, 1.807) is 24.3 Å². The Bertz CT molecular complexity index is 1050. The van der Waals surface area contributed by atoms with Crippen LogP contribution in [0, 0.1) is 0 Å². The zero-order chi connectivity index (χ0) is 23.1. The maximum absolute atomic E-state index is 12.7. The summed E-state index contributed by atoms with van der Waals surface area (Å²) < 4.78 is 43.3. The monoisotopic (exact) mass is 466 g/mol. The molecule has 3 aromatic rings. The van der Waals surface area contributed by atoms with Gasteiger partial charge in [0.2, 0.25) is 17.6 Å². The van der Waals surface area contributed by atoms with Crippen molar-refractivity contribution in [1.29, 1.82) is 0 Å². The first-order valence-corrected chi connectivity index (χ1v) is 10.8. The van der Waals surface area contributed by atoms with Crippen molar-refractivity contribution in [1.82, 2.24) is 15.0 Å². The van der Waals surface area contributed by atoms with Gasteiger partial charge in [-0.3, -0.25) is 9.59 Å². The Kier molecular flexibility index (Phi) is 7.62. The molecule has 1 aromatic carbocycles. The third-order valence-corrected chi connectivity index (χ3v) is 5.37. The predicted octanol–water partition coefficient (Wildman–Crippen LogP) is 4.67. The first kappa shape index (κ1) is 23.5. The van der Waals surface area contributed by atoms with Crippen LogP contribution in [0.25, 0.3) is 10.7 Å². The molecule has 0 aliphatic rings. The van der Waals surface area contributed by atoms with E-state index in [1.165, 1.54) is 18.3 Å². The number of thiophene rings is 1. The van der Waals surface area contributed by atoms with Crippen LogP contribution in [0.4, 0.5) is 18.9 Å². The van der Waals surface area contributed by atoms with Gasteiger partial charge < -0.3 is 14.7 Å². The summed E-state index contributed by atoms with van der Waals surface area (Å²) in [6, 6.07) is 10.2. The number of anilines is 1. The van der Waals surface area contributed by atoms with Crippen molar-refractivity contribution in [2.75, 3.05) is 11.9 Å². The van der Waals surface area contributed by atoms with Crippen molar-refractivity contribution in [2.45, 2.75) is 38.9 Å². The van der Waals surface area contributed by atoms with Gasteiger partial charge in [0.25, 0.3) is 0 Å². The summed E-state index contributed by atoms with van der Waals surface area (Å²) in [5.41, 5.74) is 0.926. The van der Waals surface area contributed by atoms with Crippen molar-refractivity contribution in [3.05, 3.63) is 53.2 Å². The Labute approximate surface area is 186 Å². The van der Waals surface area contributed by atoms with Crippen molar-refractivity contribution in [3.63, 3.8) is 0 Å². The van der Waals surface area contributed by atoms with E-state index in [1.807, 2.05) is 17.5 Å². The van der Waals surface area contributed by atoms with Crippen LogP contribution in [0.15, 0.2) is 46.3 Å². The number of nitrogens with zero attached hydrogens (tertiary/aromatic N) is 3. The molecule has 0 fully saturated rings. The first-order valence-electron chi connectivity index (χ1n) is 9.87. The number of carbonyl (C=O) groups excluding carboxylic acids is 2. The number of carbonyl (C=O) groups is 2. The van der Waals surface area contributed by atoms with Crippen LogP contribution < -0.4 is 5.32 Å². The molecule has 2 amide bonds. The van der Waals surface area contributed by atoms with Crippen molar-refractivity contribution in [3.8, 4) is 10.7 Å². The van der Waals surface area contributed by atoms with E-state index in [0.717, 1.165) is 4.88 Å². The first-order chi connectivity index (χ1) is 15.3. The molecule has 0 atom stereocenters. The number of benzene rings is 1. The maximum Gasteiger partial charge on any atom is 0.471 e. The number of aryl methyl sites for hydroxylation is 1. The van der Waals surface area contributed by atoms with Gasteiger partial charge in [0.15, 0.2) is 0 Å². The summed E-state index contributed by atoms with van der Waals surface area (Å²) in [6.45, 7) is 1.18. The Balaban J connectivity index is 1.49. The maximum atomic E-state index is 12.7. The molecule has 0 aliphatic carbocycles. The second-order valence-electron chi connectivity index (χ2n) is 6.91. The molecule has 0 bridgehead atoms. The second kappa shape index (κ2) is 10.4. The van der Waals surface area contributed by atoms with E-state index in [4.69, 9.17) is 4.52 Å². The van der Waals surface area contributed by atoms with Gasteiger partial charge in [-0.1, -0.05) is 23.4 Å². The summed E-state index contributed by atoms with van der Waals surface area (Å²) >= 11 is 1.50. The Morgan fingerprint density at radius 2 is 2.03 bits per heavy atom. The van der Waals surface area contributed by atoms with Gasteiger partial charge >= 0.3 is 12.1 Å². The molecule has 7 nitrogen and oxygen atoms in total. The SMILES string of the molecule is CCN(Cc1cccc(NC(=O)CCCc2nc(-c3cccs3)no2)c1)C(=O)C(F)(F)F. The van der Waals surface area contributed by atoms with Crippen LogP contribution in [0.2, 0.25) is 0 Å². The molecule has 11 heteroatoms. The molecule has 0 radical (unpaired) electrons. The standard InChI is InChI=1S/C21H21F3N4O3S/c1-2-28(20(30)21(22,23)24)13-14-6-3-7-15(12-14)25-17(29)9-4-10-18-26-19(27-31-18)16-8-5-11-32-16/h3,5-8,11-12H,2,4,9-10,13H2,1H3,(H,25,29). The normalized spacial score (nSPS) is 11.4. The smallest absolute Gasteiger partial charge is 0.339 e. The fraction of sp³-hybridized carbons (Fsp3) is 0.333. The molecule has 32 heavy (non-hydrogen) atoms. The summed E-state index contributed by atoms with van der Waals surface area (Å²) in [5, 5.41) is 8.55. The lowest BCUT2D eigenvalue weighted by Crippen LogP contribution is -2.40. The Morgan fingerprint density at radius 3 is 2.72 bits per heavy atom. The number of rotatable bonds is 9. The van der Waals surface area contributed by atoms with E-state index in [2.05, 4.69) is 15.5 Å². The molecule has 0 spiro atoms. The van der Waals surface area contributed by atoms with Crippen LogP contribution in [0.5, 0.6) is 0 Å². The minimum Gasteiger partial charge on any atom is -0.339 e. The molecular weight excluding hydrogens is 445 g/mol. The van der Waals surface area contributed by atoms with E-state index in [0.29, 0.717) is 40.7 Å². The van der Waals surface area contributed by atoms with Crippen LogP contribution >= 0.6 is 11.3 Å². The predicted molar refractivity (Wildman–Crippen MR) is 113 cm³/mol. The van der Waals surface area contributed by atoms with E-state index in [-0.39, 0.29) is 25.4 Å². The largest absolute Gasteiger partial charge is 0.471 e. The zero-order valence-electron chi connectivity index (χ0n) is 17.2. The third kappa shape index (κ3) is 6.39. The van der Waals surface area contributed by atoms with E-state index in [9.17, 15) is 22.8 Å². The number of nitrogens with one attached hydrogen (secondary N) is 1. The van der Waals surface area contributed by atoms with Crippen LogP contribution in [0.3, 0.4) is 0 Å². The number of hydrogen-bond donors (Lipinski definition) is 1. The van der Waals surface area contributed by atoms with Gasteiger partial charge in [0, 0.05) is 31.6 Å². The Morgan fingerprint density at radius 1 is 1.22 bits per heavy atom. The highest BCUT2D eigenvalue weighted by atomic mass is 32.1. The molecule has 0 unspecified atom stereocenters. The van der Waals surface area contributed by atoms with Crippen molar-refractivity contribution < 1.29 is 27.3 Å². The number of amides is 2. The minimum atomic E-state index is -4.93. The van der Waals surface area contributed by atoms with Gasteiger partial charge in [-0.2, -0.15) is 18.2 Å². The summed E-state index contributed by atoms with van der Waals surface area (Å²) in [7, 11) is 0. The van der Waals surface area contributed by atoms with Gasteiger partial charge in [0.1, 0.15) is 0 Å². The average Bonchev–Trinajstić information content (AvgIpc) is 3.43. The van der Waals surface area contributed by atoms with Gasteiger partial charge in [0.05, 0.1) is 4.88 Å². The molecule has 3 rings (SSSR count). The topological polar surface area (TPSA) is 88.3 Å². The number of aromatic nitrogens is 2. The van der Waals surface area contributed by atoms with Gasteiger partial charge in [-0.25, -0.2) is 0 Å². The molecular formula is C21H21F3N4O3S. The zero-order valence-corrected chi connectivity index (χ0v) is 18.0. The number of hydrogen-bond acceptors (Lipinski definition) is 6. The average molecular weight is 466 g/mol. The lowest BCUT2D eigenvalue weighted by molar-refractivity contribution is -0.185. The van der Waals surface area contributed by atoms with Crippen LogP contribution in [0.1, 0.15) is 31.2 Å². The quantitative estimate of drug-likeness (QED) is 0.495. The van der Waals surface area contributed by atoms with Crippen molar-refractivity contribution in [2.24, 2.45) is 0 Å². The Hall–Kier alpha value is -3.21. The molecule has 0 saturated heterocycles. The molecule has 170 valence electrons. The molecule has 1 N–H and O–H groups in total. The summed E-state index contributed by atoms with van der Waals surface area (Å²) in [5.74, 6) is -1.19. The highest BCUT2D eigenvalue weighted by molar-refractivity contribution is 7.13. The van der Waals surface area contributed by atoms with E-state index < -0.39 is 12.1 Å². The highest BCUT2D eigenvalue weighted by Crippen LogP contribution is 2.22. The van der Waals surface area contributed by atoms with Crippen LogP contribution in [-0.2, 0) is 22.6 Å². The lowest BCUT2D eigenvalue weighted by Gasteiger charge is -2.22. The van der Waals surface area contributed by atoms with Gasteiger partial charge in [-0.15, -0.1) is 11.3 Å². The van der Waals surface area contributed by atoms with Crippen LogP contribution in [-0.4, -0.2) is 39.6 Å². The van der Waals surface area contributed by atoms with E-state index >= 15 is 0 Å². The summed E-state index contributed by atoms with van der Waals surface area (Å²) in [6.07, 6.45) is -3.79. The lowest BCUT2D eigenvalue weighted by atomic mass is 10.1. The molecule has 0 saturated carbocycles. The van der Waals surface area contributed by atoms with Crippen molar-refractivity contribution >= 4 is 28.8 Å². The third-order valence-electron chi connectivity index (χ3n) is 4.50. The summed E-state index contributed by atoms with van der Waals surface area (Å²) in [4.78, 5) is 29.6. The number of halogens is 3. The molecule has 0 aliphatic heterocycles. The fourth-order valence-electron chi connectivity index (χ4n) is 2.96. The fourth-order valence-corrected chi connectivity index (χ4v) is 3.61. The van der Waals surface area contributed by atoms with Gasteiger partial charge in [-0.05, 0) is 42.5 Å². The second-order valence-corrected chi connectivity index (χ2v) is 7.86. The minimum absolute atomic E-state index is 0.0845. The highest BCUT2D eigenvalue weighted by Gasteiger charge is 2.41. The molecule has 2 aromatic heterocycles. The molecule has 2 heterocycles. The number of alkyl halides is 3.